The van der Waals surface area contributed by atoms with Crippen LogP contribution in [0.1, 0.15) is 12.0 Å². The van der Waals surface area contributed by atoms with Crippen molar-refractivity contribution in [3.8, 4) is 0 Å². The lowest BCUT2D eigenvalue weighted by Gasteiger charge is -1.93. The summed E-state index contributed by atoms with van der Waals surface area (Å²) in [5.41, 5.74) is 1.08. The van der Waals surface area contributed by atoms with Crippen LogP contribution in [-0.2, 0) is 4.79 Å². The summed E-state index contributed by atoms with van der Waals surface area (Å²) in [6.07, 6.45) is 3.60. The molecule has 1 aromatic carbocycles. The highest BCUT2D eigenvalue weighted by atomic mass is 79.9. The zero-order valence-corrected chi connectivity index (χ0v) is 10.7. The molecule has 0 saturated heterocycles. The van der Waals surface area contributed by atoms with Gasteiger partial charge in [0.2, 0.25) is 0 Å². The van der Waals surface area contributed by atoms with Crippen molar-refractivity contribution >= 4 is 49.4 Å². The third-order valence-corrected chi connectivity index (χ3v) is 3.61. The predicted molar refractivity (Wildman–Crippen MR) is 70.8 cm³/mol. The second kappa shape index (κ2) is 4.80. The molecule has 0 saturated carbocycles. The zero-order chi connectivity index (χ0) is 11.5. The minimum Gasteiger partial charge on any atom is -0.481 e. The van der Waals surface area contributed by atoms with Crippen LogP contribution in [0.2, 0.25) is 0 Å². The highest BCUT2D eigenvalue weighted by Crippen LogP contribution is 2.29. The molecule has 0 unspecified atom stereocenters. The maximum absolute atomic E-state index is 10.4. The summed E-state index contributed by atoms with van der Waals surface area (Å²) in [6.45, 7) is 0. The fourth-order valence-corrected chi connectivity index (χ4v) is 2.92. The second-order valence-electron chi connectivity index (χ2n) is 3.33. The summed E-state index contributed by atoms with van der Waals surface area (Å²) >= 11 is 5.08. The van der Waals surface area contributed by atoms with Gasteiger partial charge >= 0.3 is 5.97 Å². The first kappa shape index (κ1) is 11.4. The molecule has 1 N–H and O–H groups in total. The van der Waals surface area contributed by atoms with Crippen LogP contribution in [0.3, 0.4) is 0 Å². The van der Waals surface area contributed by atoms with Crippen molar-refractivity contribution in [3.63, 3.8) is 0 Å². The van der Waals surface area contributed by atoms with E-state index in [0.717, 1.165) is 15.4 Å². The van der Waals surface area contributed by atoms with E-state index in [0.29, 0.717) is 0 Å². The summed E-state index contributed by atoms with van der Waals surface area (Å²) in [4.78, 5) is 10.4. The van der Waals surface area contributed by atoms with Gasteiger partial charge in [-0.1, -0.05) is 34.1 Å². The van der Waals surface area contributed by atoms with Crippen molar-refractivity contribution in [3.05, 3.63) is 39.7 Å². The van der Waals surface area contributed by atoms with Crippen LogP contribution in [-0.4, -0.2) is 11.1 Å². The summed E-state index contributed by atoms with van der Waals surface area (Å²) in [5.74, 6) is -0.807. The van der Waals surface area contributed by atoms with Gasteiger partial charge in [-0.25, -0.2) is 0 Å². The largest absolute Gasteiger partial charge is 0.481 e. The van der Waals surface area contributed by atoms with Crippen molar-refractivity contribution in [2.45, 2.75) is 6.42 Å². The molecule has 0 amide bonds. The SMILES string of the molecule is O=C(O)C/C=C/c1csc2cc(Br)ccc12. The Morgan fingerprint density at radius 2 is 2.31 bits per heavy atom. The first-order chi connectivity index (χ1) is 7.66. The summed E-state index contributed by atoms with van der Waals surface area (Å²) in [7, 11) is 0. The van der Waals surface area contributed by atoms with Gasteiger partial charge in [0.05, 0.1) is 6.42 Å². The van der Waals surface area contributed by atoms with E-state index in [4.69, 9.17) is 5.11 Å². The van der Waals surface area contributed by atoms with Gasteiger partial charge < -0.3 is 5.11 Å². The van der Waals surface area contributed by atoms with Gasteiger partial charge in [-0.3, -0.25) is 4.79 Å². The fourth-order valence-electron chi connectivity index (χ4n) is 1.44. The minimum absolute atomic E-state index is 0.0634. The Hall–Kier alpha value is -1.13. The normalized spacial score (nSPS) is 11.3. The number of carboxylic acid groups (broad SMARTS) is 1. The molecule has 0 fully saturated rings. The Balaban J connectivity index is 2.32. The van der Waals surface area contributed by atoms with Crippen molar-refractivity contribution in [1.82, 2.24) is 0 Å². The smallest absolute Gasteiger partial charge is 0.307 e. The molecule has 2 nitrogen and oxygen atoms in total. The van der Waals surface area contributed by atoms with E-state index in [1.54, 1.807) is 17.4 Å². The van der Waals surface area contributed by atoms with Gasteiger partial charge in [0.25, 0.3) is 0 Å². The number of carbonyl (C=O) groups is 1. The van der Waals surface area contributed by atoms with E-state index in [9.17, 15) is 4.79 Å². The summed E-state index contributed by atoms with van der Waals surface area (Å²) < 4.78 is 2.26. The van der Waals surface area contributed by atoms with Crippen LogP contribution in [0, 0.1) is 0 Å². The number of hydrogen-bond donors (Lipinski definition) is 1. The van der Waals surface area contributed by atoms with Crippen LogP contribution in [0.4, 0.5) is 0 Å². The van der Waals surface area contributed by atoms with Crippen LogP contribution < -0.4 is 0 Å². The number of hydrogen-bond acceptors (Lipinski definition) is 2. The highest BCUT2D eigenvalue weighted by Gasteiger charge is 2.01. The molecule has 4 heteroatoms. The Morgan fingerprint density at radius 3 is 3.06 bits per heavy atom. The van der Waals surface area contributed by atoms with Crippen LogP contribution in [0.5, 0.6) is 0 Å². The van der Waals surface area contributed by atoms with E-state index in [2.05, 4.69) is 22.0 Å². The third kappa shape index (κ3) is 2.51. The van der Waals surface area contributed by atoms with Gasteiger partial charge in [-0.15, -0.1) is 11.3 Å². The molecule has 2 aromatic rings. The quantitative estimate of drug-likeness (QED) is 0.924. The maximum Gasteiger partial charge on any atom is 0.307 e. The van der Waals surface area contributed by atoms with E-state index >= 15 is 0 Å². The second-order valence-corrected chi connectivity index (χ2v) is 5.16. The van der Waals surface area contributed by atoms with Crippen LogP contribution in [0.15, 0.2) is 34.1 Å². The highest BCUT2D eigenvalue weighted by molar-refractivity contribution is 9.10. The minimum atomic E-state index is -0.807. The first-order valence-corrected chi connectivity index (χ1v) is 6.39. The lowest BCUT2D eigenvalue weighted by molar-refractivity contribution is -0.135. The van der Waals surface area contributed by atoms with E-state index in [1.807, 2.05) is 23.6 Å². The summed E-state index contributed by atoms with van der Waals surface area (Å²) in [5, 5.41) is 11.7. The van der Waals surface area contributed by atoms with Crippen LogP contribution >= 0.6 is 27.3 Å². The molecule has 1 heterocycles. The average molecular weight is 297 g/mol. The molecular formula is C12H9BrO2S. The predicted octanol–water partition coefficient (Wildman–Crippen LogP) is 4.15. The van der Waals surface area contributed by atoms with Crippen molar-refractivity contribution in [1.29, 1.82) is 0 Å². The molecule has 0 radical (unpaired) electrons. The van der Waals surface area contributed by atoms with Gasteiger partial charge in [0.1, 0.15) is 0 Å². The number of rotatable bonds is 3. The molecular weight excluding hydrogens is 288 g/mol. The Bertz CT molecular complexity index is 557. The average Bonchev–Trinajstić information content (AvgIpc) is 2.60. The molecule has 2 rings (SSSR count). The number of aliphatic carboxylic acids is 1. The molecule has 0 aliphatic heterocycles. The van der Waals surface area contributed by atoms with E-state index in [1.165, 1.54) is 4.70 Å². The molecule has 16 heavy (non-hydrogen) atoms. The van der Waals surface area contributed by atoms with E-state index < -0.39 is 5.97 Å². The molecule has 0 bridgehead atoms. The molecule has 0 spiro atoms. The Kier molecular flexibility index (Phi) is 3.41. The van der Waals surface area contributed by atoms with Gasteiger partial charge in [0, 0.05) is 9.17 Å². The first-order valence-electron chi connectivity index (χ1n) is 4.72. The monoisotopic (exact) mass is 296 g/mol. The summed E-state index contributed by atoms with van der Waals surface area (Å²) in [6, 6.07) is 6.09. The van der Waals surface area contributed by atoms with Gasteiger partial charge in [-0.05, 0) is 28.5 Å². The van der Waals surface area contributed by atoms with E-state index in [-0.39, 0.29) is 6.42 Å². The van der Waals surface area contributed by atoms with Crippen LogP contribution in [0.25, 0.3) is 16.2 Å². The van der Waals surface area contributed by atoms with Crippen molar-refractivity contribution < 1.29 is 9.90 Å². The van der Waals surface area contributed by atoms with Crippen molar-refractivity contribution in [2.24, 2.45) is 0 Å². The standard InChI is InChI=1S/C12H9BrO2S/c13-9-4-5-10-8(2-1-3-12(14)15)7-16-11(10)6-9/h1-2,4-7H,3H2,(H,14,15)/b2-1+. The number of benzene rings is 1. The molecule has 82 valence electrons. The zero-order valence-electron chi connectivity index (χ0n) is 8.31. The lowest BCUT2D eigenvalue weighted by atomic mass is 10.1. The number of halogens is 1. The number of carboxylic acids is 1. The topological polar surface area (TPSA) is 37.3 Å². The Morgan fingerprint density at radius 1 is 1.50 bits per heavy atom. The lowest BCUT2D eigenvalue weighted by Crippen LogP contribution is -1.89. The molecule has 1 aromatic heterocycles. The number of fused-ring (bicyclic) bond motifs is 1. The fraction of sp³-hybridized carbons (Fsp3) is 0.0833. The third-order valence-electron chi connectivity index (χ3n) is 2.16. The maximum atomic E-state index is 10.4. The number of thiophene rings is 1. The molecule has 0 aliphatic rings. The van der Waals surface area contributed by atoms with Crippen molar-refractivity contribution in [2.75, 3.05) is 0 Å². The molecule has 0 aliphatic carbocycles. The van der Waals surface area contributed by atoms with Gasteiger partial charge in [0.15, 0.2) is 0 Å². The van der Waals surface area contributed by atoms with Gasteiger partial charge in [-0.2, -0.15) is 0 Å². The Labute approximate surface area is 105 Å². The molecule has 0 atom stereocenters.